The van der Waals surface area contributed by atoms with E-state index in [0.717, 1.165) is 59.1 Å². The normalized spacial score (nSPS) is 11.4. The maximum absolute atomic E-state index is 5.41. The summed E-state index contributed by atoms with van der Waals surface area (Å²) in [6.45, 7) is 7.12. The number of allylic oxidation sites excluding steroid dienone is 1. The minimum absolute atomic E-state index is 0.612. The number of benzene rings is 1. The number of aromatic nitrogens is 3. The van der Waals surface area contributed by atoms with Gasteiger partial charge in [-0.15, -0.1) is 0 Å². The van der Waals surface area contributed by atoms with Crippen LogP contribution in [0.15, 0.2) is 59.9 Å². The highest BCUT2D eigenvalue weighted by atomic mass is 15.1. The van der Waals surface area contributed by atoms with E-state index in [1.165, 1.54) is 19.0 Å². The molecule has 2 heterocycles. The Labute approximate surface area is 196 Å². The van der Waals surface area contributed by atoms with Crippen molar-refractivity contribution in [1.82, 2.24) is 15.0 Å². The van der Waals surface area contributed by atoms with Gasteiger partial charge in [0.15, 0.2) is 0 Å². The molecule has 0 amide bonds. The second kappa shape index (κ2) is 12.3. The number of unbranched alkanes of at least 4 members (excludes halogenated alkanes) is 2. The van der Waals surface area contributed by atoms with Gasteiger partial charge in [0.2, 0.25) is 5.95 Å². The van der Waals surface area contributed by atoms with Crippen LogP contribution in [-0.4, -0.2) is 27.7 Å². The summed E-state index contributed by atoms with van der Waals surface area (Å²) in [4.78, 5) is 18.6. The van der Waals surface area contributed by atoms with Crippen LogP contribution in [-0.2, 0) is 6.42 Å². The lowest BCUT2D eigenvalue weighted by Gasteiger charge is -2.17. The van der Waals surface area contributed by atoms with Crippen molar-refractivity contribution in [2.75, 3.05) is 17.2 Å². The molecule has 172 valence electrons. The Morgan fingerprint density at radius 1 is 1.09 bits per heavy atom. The molecule has 0 bridgehead atoms. The van der Waals surface area contributed by atoms with Crippen molar-refractivity contribution >= 4 is 29.4 Å². The fraction of sp³-hybridized carbons (Fsp3) is 0.308. The van der Waals surface area contributed by atoms with Gasteiger partial charge in [-0.25, -0.2) is 4.98 Å². The van der Waals surface area contributed by atoms with E-state index in [-0.39, 0.29) is 0 Å². The number of nitrogens with two attached hydrogens (primary N) is 1. The van der Waals surface area contributed by atoms with Crippen LogP contribution < -0.4 is 16.4 Å². The number of nitrogens with zero attached hydrogens (tertiary/aromatic N) is 4. The van der Waals surface area contributed by atoms with Gasteiger partial charge < -0.3 is 16.4 Å². The van der Waals surface area contributed by atoms with Gasteiger partial charge in [-0.1, -0.05) is 38.8 Å². The molecule has 0 aliphatic rings. The number of rotatable bonds is 11. The first-order valence-corrected chi connectivity index (χ1v) is 11.5. The fourth-order valence-electron chi connectivity index (χ4n) is 3.41. The molecule has 0 unspecified atom stereocenters. The molecule has 0 saturated heterocycles. The summed E-state index contributed by atoms with van der Waals surface area (Å²) < 4.78 is 0. The Kier molecular flexibility index (Phi) is 8.94. The average Bonchev–Trinajstić information content (AvgIpc) is 2.83. The largest absolute Gasteiger partial charge is 0.405 e. The van der Waals surface area contributed by atoms with Gasteiger partial charge in [0.05, 0.1) is 23.3 Å². The molecule has 2 aromatic heterocycles. The number of anilines is 3. The van der Waals surface area contributed by atoms with Crippen LogP contribution in [0, 0.1) is 6.92 Å². The lowest BCUT2D eigenvalue weighted by atomic mass is 10.0. The van der Waals surface area contributed by atoms with Crippen molar-refractivity contribution in [3.8, 4) is 11.3 Å². The Bertz CT molecular complexity index is 1090. The SMILES string of the molecule is CCCCCNc1nc(Nc2ccc(C)nc2)c(CC)c(-c2cccc(N=C/C=C\N)c2)n1. The lowest BCUT2D eigenvalue weighted by molar-refractivity contribution is 0.740. The molecule has 0 spiro atoms. The summed E-state index contributed by atoms with van der Waals surface area (Å²) in [5.74, 6) is 1.40. The summed E-state index contributed by atoms with van der Waals surface area (Å²) in [6.07, 6.45) is 10.9. The van der Waals surface area contributed by atoms with Gasteiger partial charge in [0.25, 0.3) is 0 Å². The van der Waals surface area contributed by atoms with Crippen molar-refractivity contribution in [2.45, 2.75) is 46.5 Å². The van der Waals surface area contributed by atoms with E-state index >= 15 is 0 Å². The molecule has 0 aliphatic carbocycles. The van der Waals surface area contributed by atoms with E-state index in [2.05, 4.69) is 40.5 Å². The Balaban J connectivity index is 2.03. The summed E-state index contributed by atoms with van der Waals surface area (Å²) in [6, 6.07) is 12.0. The Morgan fingerprint density at radius 3 is 2.70 bits per heavy atom. The molecule has 0 aliphatic heterocycles. The van der Waals surface area contributed by atoms with Gasteiger partial charge in [-0.2, -0.15) is 4.98 Å². The third-order valence-electron chi connectivity index (χ3n) is 5.14. The predicted molar refractivity (Wildman–Crippen MR) is 139 cm³/mol. The standard InChI is InChI=1S/C26H33N7/c1-4-6-7-15-29-26-32-24(20-10-8-11-21(17-20)28-16-9-14-27)23(5-2)25(33-26)31-22-13-12-19(3)30-18-22/h8-14,16-18H,4-7,15,27H2,1-3H3,(H2,29,31,32,33)/b14-9-,28-16?. The molecule has 33 heavy (non-hydrogen) atoms. The minimum Gasteiger partial charge on any atom is -0.405 e. The number of aliphatic imine (C=N–C) groups is 1. The molecule has 4 N–H and O–H groups in total. The van der Waals surface area contributed by atoms with Crippen LogP contribution in [0.4, 0.5) is 23.1 Å². The molecule has 0 radical (unpaired) electrons. The smallest absolute Gasteiger partial charge is 0.225 e. The van der Waals surface area contributed by atoms with E-state index in [1.807, 2.05) is 43.5 Å². The van der Waals surface area contributed by atoms with Crippen molar-refractivity contribution < 1.29 is 0 Å². The van der Waals surface area contributed by atoms with Crippen LogP contribution in [0.5, 0.6) is 0 Å². The van der Waals surface area contributed by atoms with Crippen molar-refractivity contribution in [2.24, 2.45) is 10.7 Å². The van der Waals surface area contributed by atoms with Gasteiger partial charge in [0.1, 0.15) is 5.82 Å². The molecule has 0 fully saturated rings. The summed E-state index contributed by atoms with van der Waals surface area (Å²) in [7, 11) is 0. The maximum Gasteiger partial charge on any atom is 0.225 e. The highest BCUT2D eigenvalue weighted by Gasteiger charge is 2.16. The van der Waals surface area contributed by atoms with E-state index < -0.39 is 0 Å². The molecular formula is C26H33N7. The monoisotopic (exact) mass is 443 g/mol. The molecular weight excluding hydrogens is 410 g/mol. The highest BCUT2D eigenvalue weighted by Crippen LogP contribution is 2.32. The lowest BCUT2D eigenvalue weighted by Crippen LogP contribution is -2.10. The fourth-order valence-corrected chi connectivity index (χ4v) is 3.41. The first kappa shape index (κ1) is 23.9. The van der Waals surface area contributed by atoms with Gasteiger partial charge >= 0.3 is 0 Å². The third-order valence-corrected chi connectivity index (χ3v) is 5.14. The molecule has 3 aromatic rings. The highest BCUT2D eigenvalue weighted by molar-refractivity contribution is 5.77. The molecule has 7 nitrogen and oxygen atoms in total. The summed E-state index contributed by atoms with van der Waals surface area (Å²) in [5.41, 5.74) is 11.0. The molecule has 0 saturated carbocycles. The number of aryl methyl sites for hydroxylation is 1. The molecule has 1 aromatic carbocycles. The predicted octanol–water partition coefficient (Wildman–Crippen LogP) is 5.93. The van der Waals surface area contributed by atoms with E-state index in [9.17, 15) is 0 Å². The number of hydrogen-bond donors (Lipinski definition) is 3. The number of nitrogens with one attached hydrogen (secondary N) is 2. The first-order chi connectivity index (χ1) is 16.1. The molecule has 7 heteroatoms. The number of hydrogen-bond acceptors (Lipinski definition) is 7. The zero-order chi connectivity index (χ0) is 23.5. The van der Waals surface area contributed by atoms with E-state index in [1.54, 1.807) is 12.3 Å². The van der Waals surface area contributed by atoms with Crippen molar-refractivity contribution in [1.29, 1.82) is 0 Å². The zero-order valence-corrected chi connectivity index (χ0v) is 19.7. The molecule has 3 rings (SSSR count). The second-order valence-corrected chi connectivity index (χ2v) is 7.74. The minimum atomic E-state index is 0.612. The van der Waals surface area contributed by atoms with Crippen molar-refractivity contribution in [3.63, 3.8) is 0 Å². The molecule has 0 atom stereocenters. The summed E-state index contributed by atoms with van der Waals surface area (Å²) >= 11 is 0. The van der Waals surface area contributed by atoms with Crippen molar-refractivity contribution in [3.05, 3.63) is 66.1 Å². The Morgan fingerprint density at radius 2 is 1.97 bits per heavy atom. The van der Waals surface area contributed by atoms with Crippen LogP contribution in [0.1, 0.15) is 44.4 Å². The maximum atomic E-state index is 5.41. The van der Waals surface area contributed by atoms with E-state index in [4.69, 9.17) is 15.7 Å². The van der Waals surface area contributed by atoms with Crippen LogP contribution >= 0.6 is 0 Å². The van der Waals surface area contributed by atoms with Gasteiger partial charge in [0, 0.05) is 29.6 Å². The second-order valence-electron chi connectivity index (χ2n) is 7.74. The average molecular weight is 444 g/mol. The first-order valence-electron chi connectivity index (χ1n) is 11.5. The number of pyridine rings is 1. The Hall–Kier alpha value is -3.74. The quantitative estimate of drug-likeness (QED) is 0.251. The van der Waals surface area contributed by atoms with Crippen LogP contribution in [0.2, 0.25) is 0 Å². The van der Waals surface area contributed by atoms with Crippen LogP contribution in [0.3, 0.4) is 0 Å². The van der Waals surface area contributed by atoms with E-state index in [0.29, 0.717) is 5.95 Å². The van der Waals surface area contributed by atoms with Crippen LogP contribution in [0.25, 0.3) is 11.3 Å². The zero-order valence-electron chi connectivity index (χ0n) is 19.7. The third kappa shape index (κ3) is 6.87. The van der Waals surface area contributed by atoms with Gasteiger partial charge in [-0.05, 0) is 56.3 Å². The van der Waals surface area contributed by atoms with Gasteiger partial charge in [-0.3, -0.25) is 9.98 Å². The summed E-state index contributed by atoms with van der Waals surface area (Å²) in [5, 5.41) is 6.86. The topological polar surface area (TPSA) is 101 Å².